The summed E-state index contributed by atoms with van der Waals surface area (Å²) in [5.74, 6) is 1.39. The van der Waals surface area contributed by atoms with Crippen molar-refractivity contribution in [1.82, 2.24) is 0 Å². The summed E-state index contributed by atoms with van der Waals surface area (Å²) in [5, 5.41) is 10.8. The van der Waals surface area contributed by atoms with Crippen LogP contribution < -0.4 is 9.47 Å². The third kappa shape index (κ3) is 4.02. The predicted octanol–water partition coefficient (Wildman–Crippen LogP) is 4.22. The summed E-state index contributed by atoms with van der Waals surface area (Å²) in [6.07, 6.45) is 0.293. The van der Waals surface area contributed by atoms with Crippen LogP contribution >= 0.6 is 11.6 Å². The summed E-state index contributed by atoms with van der Waals surface area (Å²) < 4.78 is 11.1. The van der Waals surface area contributed by atoms with Crippen molar-refractivity contribution in [2.24, 2.45) is 5.92 Å². The molecule has 0 radical (unpaired) electrons. The molecule has 1 rings (SSSR count). The van der Waals surface area contributed by atoms with Crippen molar-refractivity contribution in [2.45, 2.75) is 40.2 Å². The molecule has 0 saturated carbocycles. The van der Waals surface area contributed by atoms with Gasteiger partial charge in [-0.3, -0.25) is 0 Å². The molecular formula is C15H23ClO3. The Bertz CT molecular complexity index is 407. The third-order valence-corrected chi connectivity index (χ3v) is 3.49. The molecule has 0 spiro atoms. The number of hydrogen-bond donors (Lipinski definition) is 1. The Kier molecular flexibility index (Phi) is 6.46. The molecule has 108 valence electrons. The van der Waals surface area contributed by atoms with Crippen molar-refractivity contribution in [2.75, 3.05) is 13.2 Å². The highest BCUT2D eigenvalue weighted by Gasteiger charge is 2.20. The zero-order chi connectivity index (χ0) is 14.4. The van der Waals surface area contributed by atoms with Gasteiger partial charge in [0.15, 0.2) is 11.5 Å². The van der Waals surface area contributed by atoms with Crippen LogP contribution in [0.1, 0.15) is 45.8 Å². The Labute approximate surface area is 120 Å². The topological polar surface area (TPSA) is 38.7 Å². The molecule has 0 heterocycles. The molecule has 0 amide bonds. The summed E-state index contributed by atoms with van der Waals surface area (Å²) in [7, 11) is 0. The second-order valence-corrected chi connectivity index (χ2v) is 4.92. The van der Waals surface area contributed by atoms with Crippen LogP contribution in [0.3, 0.4) is 0 Å². The normalized spacial score (nSPS) is 14.0. The molecular weight excluding hydrogens is 264 g/mol. The minimum atomic E-state index is -0.590. The third-order valence-electron chi connectivity index (χ3n) is 3.16. The molecule has 1 aromatic rings. The van der Waals surface area contributed by atoms with Gasteiger partial charge in [-0.05, 0) is 25.8 Å². The van der Waals surface area contributed by atoms with Gasteiger partial charge in [0.2, 0.25) is 0 Å². The average Bonchev–Trinajstić information content (AvgIpc) is 2.40. The fraction of sp³-hybridized carbons (Fsp3) is 0.600. The summed E-state index contributed by atoms with van der Waals surface area (Å²) in [5.41, 5.74) is 0.697. The Morgan fingerprint density at radius 3 is 2.11 bits per heavy atom. The van der Waals surface area contributed by atoms with Gasteiger partial charge in [-0.15, -0.1) is 0 Å². The summed E-state index contributed by atoms with van der Waals surface area (Å²) in [6, 6.07) is 3.50. The van der Waals surface area contributed by atoms with Crippen molar-refractivity contribution in [3.05, 3.63) is 22.7 Å². The van der Waals surface area contributed by atoms with Crippen LogP contribution in [-0.2, 0) is 0 Å². The van der Waals surface area contributed by atoms with Gasteiger partial charge in [0.05, 0.1) is 24.3 Å². The van der Waals surface area contributed by atoms with Crippen molar-refractivity contribution in [3.63, 3.8) is 0 Å². The number of rotatable bonds is 7. The quantitative estimate of drug-likeness (QED) is 0.816. The number of aliphatic hydroxyl groups excluding tert-OH is 1. The monoisotopic (exact) mass is 286 g/mol. The molecule has 0 aliphatic carbocycles. The Morgan fingerprint density at radius 2 is 1.63 bits per heavy atom. The molecule has 3 nitrogen and oxygen atoms in total. The SMILES string of the molecule is CCOc1cc(Cl)c(C(O)C(C)CC)cc1OCC. The zero-order valence-corrected chi connectivity index (χ0v) is 12.8. The molecule has 2 atom stereocenters. The van der Waals surface area contributed by atoms with Gasteiger partial charge >= 0.3 is 0 Å². The Hall–Kier alpha value is -0.930. The van der Waals surface area contributed by atoms with Crippen LogP contribution in [0.5, 0.6) is 11.5 Å². The lowest BCUT2D eigenvalue weighted by Gasteiger charge is -2.21. The second kappa shape index (κ2) is 7.61. The summed E-state index contributed by atoms with van der Waals surface area (Å²) >= 11 is 6.24. The number of benzene rings is 1. The number of hydrogen-bond acceptors (Lipinski definition) is 3. The predicted molar refractivity (Wildman–Crippen MR) is 78.2 cm³/mol. The molecule has 0 aliphatic rings. The number of aliphatic hydroxyl groups is 1. The van der Waals surface area contributed by atoms with E-state index in [1.165, 1.54) is 0 Å². The van der Waals surface area contributed by atoms with E-state index in [1.54, 1.807) is 12.1 Å². The van der Waals surface area contributed by atoms with Crippen molar-refractivity contribution >= 4 is 11.6 Å². The lowest BCUT2D eigenvalue weighted by molar-refractivity contribution is 0.115. The van der Waals surface area contributed by atoms with E-state index in [0.717, 1.165) is 6.42 Å². The van der Waals surface area contributed by atoms with Crippen LogP contribution in [0.15, 0.2) is 12.1 Å². The van der Waals surface area contributed by atoms with Crippen LogP contribution in [0.2, 0.25) is 5.02 Å². The minimum absolute atomic E-state index is 0.143. The lowest BCUT2D eigenvalue weighted by atomic mass is 9.95. The van der Waals surface area contributed by atoms with Crippen LogP contribution in [0.4, 0.5) is 0 Å². The largest absolute Gasteiger partial charge is 0.490 e. The lowest BCUT2D eigenvalue weighted by Crippen LogP contribution is -2.09. The standard InChI is InChI=1S/C15H23ClO3/c1-5-10(4)15(17)11-8-13(18-6-2)14(19-7-3)9-12(11)16/h8-10,15,17H,5-7H2,1-4H3. The zero-order valence-electron chi connectivity index (χ0n) is 12.1. The molecule has 0 fully saturated rings. The molecule has 0 saturated heterocycles. The van der Waals surface area contributed by atoms with E-state index in [9.17, 15) is 5.11 Å². The van der Waals surface area contributed by atoms with E-state index >= 15 is 0 Å². The van der Waals surface area contributed by atoms with Gasteiger partial charge in [0.1, 0.15) is 0 Å². The van der Waals surface area contributed by atoms with Crippen molar-refractivity contribution < 1.29 is 14.6 Å². The highest BCUT2D eigenvalue weighted by atomic mass is 35.5. The summed E-state index contributed by atoms with van der Waals surface area (Å²) in [6.45, 7) is 8.95. The summed E-state index contributed by atoms with van der Waals surface area (Å²) in [4.78, 5) is 0. The van der Waals surface area contributed by atoms with Gasteiger partial charge in [-0.1, -0.05) is 31.9 Å². The maximum Gasteiger partial charge on any atom is 0.162 e. The smallest absolute Gasteiger partial charge is 0.162 e. The minimum Gasteiger partial charge on any atom is -0.490 e. The van der Waals surface area contributed by atoms with Crippen molar-refractivity contribution in [3.8, 4) is 11.5 Å². The first kappa shape index (κ1) is 16.1. The first-order valence-corrected chi connectivity index (χ1v) is 7.19. The maximum atomic E-state index is 10.3. The highest BCUT2D eigenvalue weighted by Crippen LogP contribution is 2.38. The van der Waals surface area contributed by atoms with Gasteiger partial charge in [0, 0.05) is 11.6 Å². The van der Waals surface area contributed by atoms with E-state index in [1.807, 2.05) is 27.7 Å². The van der Waals surface area contributed by atoms with Gasteiger partial charge in [0.25, 0.3) is 0 Å². The molecule has 0 aliphatic heterocycles. The maximum absolute atomic E-state index is 10.3. The van der Waals surface area contributed by atoms with Crippen LogP contribution in [0, 0.1) is 5.92 Å². The molecule has 19 heavy (non-hydrogen) atoms. The van der Waals surface area contributed by atoms with Gasteiger partial charge in [-0.25, -0.2) is 0 Å². The van der Waals surface area contributed by atoms with E-state index in [-0.39, 0.29) is 5.92 Å². The van der Waals surface area contributed by atoms with E-state index in [2.05, 4.69) is 0 Å². The number of ether oxygens (including phenoxy) is 2. The average molecular weight is 287 g/mol. The second-order valence-electron chi connectivity index (χ2n) is 4.52. The molecule has 1 N–H and O–H groups in total. The van der Waals surface area contributed by atoms with Crippen LogP contribution in [0.25, 0.3) is 0 Å². The first-order valence-electron chi connectivity index (χ1n) is 6.82. The fourth-order valence-electron chi connectivity index (χ4n) is 1.84. The van der Waals surface area contributed by atoms with Gasteiger partial charge < -0.3 is 14.6 Å². The Balaban J connectivity index is 3.15. The Morgan fingerprint density at radius 1 is 1.11 bits per heavy atom. The van der Waals surface area contributed by atoms with Crippen molar-refractivity contribution in [1.29, 1.82) is 0 Å². The fourth-order valence-corrected chi connectivity index (χ4v) is 2.11. The van der Waals surface area contributed by atoms with Gasteiger partial charge in [-0.2, -0.15) is 0 Å². The molecule has 1 aromatic carbocycles. The van der Waals surface area contributed by atoms with E-state index in [4.69, 9.17) is 21.1 Å². The molecule has 0 bridgehead atoms. The molecule has 0 aromatic heterocycles. The van der Waals surface area contributed by atoms with E-state index in [0.29, 0.717) is 35.3 Å². The molecule has 2 unspecified atom stereocenters. The first-order chi connectivity index (χ1) is 9.04. The number of halogens is 1. The highest BCUT2D eigenvalue weighted by molar-refractivity contribution is 6.31. The molecule has 4 heteroatoms. The van der Waals surface area contributed by atoms with E-state index < -0.39 is 6.10 Å². The van der Waals surface area contributed by atoms with Crippen LogP contribution in [-0.4, -0.2) is 18.3 Å².